The second kappa shape index (κ2) is 9.16. The summed E-state index contributed by atoms with van der Waals surface area (Å²) in [6, 6.07) is 7.56. The van der Waals surface area contributed by atoms with Crippen molar-refractivity contribution in [2.24, 2.45) is 11.8 Å². The number of hydrogen-bond donors (Lipinski definition) is 3. The molecule has 2 amide bonds. The Bertz CT molecular complexity index is 673. The van der Waals surface area contributed by atoms with E-state index in [-0.39, 0.29) is 11.8 Å². The average molecular weight is 381 g/mol. The molecule has 0 bridgehead atoms. The molecule has 0 aromatic heterocycles. The number of hydrogen-bond acceptors (Lipinski definition) is 4. The molecule has 1 aliphatic heterocycles. The minimum Gasteiger partial charge on any atom is -0.382 e. The Hall–Kier alpha value is -1.89. The van der Waals surface area contributed by atoms with E-state index in [1.807, 2.05) is 44.2 Å². The summed E-state index contributed by atoms with van der Waals surface area (Å²) in [6.45, 7) is 4.76. The Kier molecular flexibility index (Phi) is 7.20. The summed E-state index contributed by atoms with van der Waals surface area (Å²) in [7, 11) is 0. The van der Waals surface area contributed by atoms with E-state index in [9.17, 15) is 14.7 Å². The first-order valence-electron chi connectivity index (χ1n) is 8.69. The maximum absolute atomic E-state index is 12.8. The van der Waals surface area contributed by atoms with Crippen molar-refractivity contribution >= 4 is 29.0 Å². The van der Waals surface area contributed by atoms with Gasteiger partial charge in [-0.15, -0.1) is 0 Å². The molecule has 0 fully saturated rings. The third kappa shape index (κ3) is 5.06. The standard InChI is InChI=1S/C19H25ClN2O4/c1-12(2)11-16(17(23)18(24)21-26)19(25)22-9-7-14(8-10-22)13-3-5-15(20)6-4-13/h3-7,12,16-17,23,26H,8-11H2,1-2H3,(H,21,24)/t16-,17?/m0/s1. The summed E-state index contributed by atoms with van der Waals surface area (Å²) in [5.74, 6) is -2.00. The number of amides is 2. The van der Waals surface area contributed by atoms with Crippen molar-refractivity contribution in [1.82, 2.24) is 10.4 Å². The van der Waals surface area contributed by atoms with Gasteiger partial charge in [0.05, 0.1) is 5.92 Å². The first-order valence-corrected chi connectivity index (χ1v) is 9.07. The molecule has 1 aliphatic rings. The van der Waals surface area contributed by atoms with E-state index in [4.69, 9.17) is 16.8 Å². The summed E-state index contributed by atoms with van der Waals surface area (Å²) >= 11 is 5.91. The van der Waals surface area contributed by atoms with Gasteiger partial charge in [0.2, 0.25) is 5.91 Å². The van der Waals surface area contributed by atoms with Gasteiger partial charge in [-0.1, -0.05) is 43.7 Å². The van der Waals surface area contributed by atoms with Crippen LogP contribution in [0.25, 0.3) is 5.57 Å². The third-order valence-electron chi connectivity index (χ3n) is 4.54. The zero-order valence-corrected chi connectivity index (χ0v) is 15.7. The van der Waals surface area contributed by atoms with E-state index in [1.165, 1.54) is 5.48 Å². The van der Waals surface area contributed by atoms with Crippen LogP contribution in [0.1, 0.15) is 32.3 Å². The highest BCUT2D eigenvalue weighted by molar-refractivity contribution is 6.30. The van der Waals surface area contributed by atoms with Gasteiger partial charge in [-0.25, -0.2) is 5.48 Å². The molecule has 1 aromatic rings. The summed E-state index contributed by atoms with van der Waals surface area (Å²) in [4.78, 5) is 26.1. The molecule has 1 unspecified atom stereocenters. The van der Waals surface area contributed by atoms with E-state index in [0.29, 0.717) is 31.0 Å². The van der Waals surface area contributed by atoms with Gasteiger partial charge in [-0.3, -0.25) is 14.8 Å². The number of hydroxylamine groups is 1. The van der Waals surface area contributed by atoms with E-state index >= 15 is 0 Å². The number of carbonyl (C=O) groups is 2. The van der Waals surface area contributed by atoms with Crippen molar-refractivity contribution in [1.29, 1.82) is 0 Å². The second-order valence-electron chi connectivity index (χ2n) is 6.93. The zero-order chi connectivity index (χ0) is 19.3. The molecule has 0 saturated heterocycles. The number of nitrogens with zero attached hydrogens (tertiary/aromatic N) is 1. The predicted octanol–water partition coefficient (Wildman–Crippen LogP) is 2.48. The summed E-state index contributed by atoms with van der Waals surface area (Å²) in [5, 5.41) is 19.6. The van der Waals surface area contributed by atoms with Crippen LogP contribution < -0.4 is 5.48 Å². The van der Waals surface area contributed by atoms with Gasteiger partial charge in [-0.05, 0) is 42.0 Å². The van der Waals surface area contributed by atoms with Gasteiger partial charge in [-0.2, -0.15) is 0 Å². The largest absolute Gasteiger partial charge is 0.382 e. The minimum absolute atomic E-state index is 0.120. The maximum Gasteiger partial charge on any atom is 0.272 e. The van der Waals surface area contributed by atoms with Crippen LogP contribution in [-0.4, -0.2) is 46.2 Å². The smallest absolute Gasteiger partial charge is 0.272 e. The van der Waals surface area contributed by atoms with Crippen LogP contribution in [0.5, 0.6) is 0 Å². The molecule has 2 rings (SSSR count). The quantitative estimate of drug-likeness (QED) is 0.522. The van der Waals surface area contributed by atoms with Crippen LogP contribution in [0.3, 0.4) is 0 Å². The predicted molar refractivity (Wildman–Crippen MR) is 99.5 cm³/mol. The Labute approximate surface area is 158 Å². The van der Waals surface area contributed by atoms with Gasteiger partial charge >= 0.3 is 0 Å². The van der Waals surface area contributed by atoms with E-state index in [1.54, 1.807) is 4.90 Å². The second-order valence-corrected chi connectivity index (χ2v) is 7.36. The molecule has 1 aromatic carbocycles. The lowest BCUT2D eigenvalue weighted by Gasteiger charge is -2.32. The number of halogens is 1. The van der Waals surface area contributed by atoms with Crippen molar-refractivity contribution in [2.75, 3.05) is 13.1 Å². The van der Waals surface area contributed by atoms with Crippen LogP contribution in [0, 0.1) is 11.8 Å². The lowest BCUT2D eigenvalue weighted by atomic mass is 9.89. The Morgan fingerprint density at radius 2 is 1.92 bits per heavy atom. The average Bonchev–Trinajstić information content (AvgIpc) is 2.65. The van der Waals surface area contributed by atoms with Crippen molar-refractivity contribution in [3.05, 3.63) is 40.9 Å². The highest BCUT2D eigenvalue weighted by Crippen LogP contribution is 2.26. The number of aliphatic hydroxyl groups excluding tert-OH is 1. The number of aliphatic hydroxyl groups is 1. The first-order chi connectivity index (χ1) is 12.3. The van der Waals surface area contributed by atoms with Crippen LogP contribution in [-0.2, 0) is 9.59 Å². The topological polar surface area (TPSA) is 89.9 Å². The molecule has 7 heteroatoms. The lowest BCUT2D eigenvalue weighted by Crippen LogP contribution is -2.48. The van der Waals surface area contributed by atoms with Crippen molar-refractivity contribution in [2.45, 2.75) is 32.8 Å². The monoisotopic (exact) mass is 380 g/mol. The highest BCUT2D eigenvalue weighted by Gasteiger charge is 2.35. The molecule has 1 heterocycles. The molecule has 0 radical (unpaired) electrons. The molecule has 0 aliphatic carbocycles. The van der Waals surface area contributed by atoms with Gasteiger partial charge in [0.15, 0.2) is 0 Å². The number of carbonyl (C=O) groups excluding carboxylic acids is 2. The molecule has 26 heavy (non-hydrogen) atoms. The molecular formula is C19H25ClN2O4. The molecule has 2 atom stereocenters. The fourth-order valence-corrected chi connectivity index (χ4v) is 3.28. The first kappa shape index (κ1) is 20.4. The minimum atomic E-state index is -1.57. The van der Waals surface area contributed by atoms with Gasteiger partial charge in [0, 0.05) is 18.1 Å². The SMILES string of the molecule is CC(C)C[C@H](C(=O)N1CC=C(c2ccc(Cl)cc2)CC1)C(O)C(=O)NO. The molecular weight excluding hydrogens is 356 g/mol. The van der Waals surface area contributed by atoms with Crippen LogP contribution in [0.2, 0.25) is 5.02 Å². The van der Waals surface area contributed by atoms with Crippen LogP contribution in [0.15, 0.2) is 30.3 Å². The summed E-state index contributed by atoms with van der Waals surface area (Å²) in [5.41, 5.74) is 3.64. The molecule has 6 nitrogen and oxygen atoms in total. The molecule has 3 N–H and O–H groups in total. The lowest BCUT2D eigenvalue weighted by molar-refractivity contribution is -0.150. The normalized spacial score (nSPS) is 16.8. The highest BCUT2D eigenvalue weighted by atomic mass is 35.5. The Morgan fingerprint density at radius 1 is 1.27 bits per heavy atom. The van der Waals surface area contributed by atoms with E-state index < -0.39 is 17.9 Å². The van der Waals surface area contributed by atoms with E-state index in [2.05, 4.69) is 0 Å². The van der Waals surface area contributed by atoms with Gasteiger partial charge in [0.25, 0.3) is 5.91 Å². The third-order valence-corrected chi connectivity index (χ3v) is 4.79. The van der Waals surface area contributed by atoms with Crippen LogP contribution >= 0.6 is 11.6 Å². The Balaban J connectivity index is 2.10. The molecule has 142 valence electrons. The molecule has 0 saturated carbocycles. The number of benzene rings is 1. The van der Waals surface area contributed by atoms with Crippen LogP contribution in [0.4, 0.5) is 0 Å². The van der Waals surface area contributed by atoms with E-state index in [0.717, 1.165) is 11.1 Å². The maximum atomic E-state index is 12.8. The summed E-state index contributed by atoms with van der Waals surface area (Å²) < 4.78 is 0. The number of rotatable bonds is 6. The zero-order valence-electron chi connectivity index (χ0n) is 15.0. The molecule has 0 spiro atoms. The fraction of sp³-hybridized carbons (Fsp3) is 0.474. The van der Waals surface area contributed by atoms with Gasteiger partial charge in [0.1, 0.15) is 6.10 Å². The number of nitrogens with one attached hydrogen (secondary N) is 1. The van der Waals surface area contributed by atoms with Gasteiger partial charge < -0.3 is 10.0 Å². The van der Waals surface area contributed by atoms with Crippen molar-refractivity contribution in [3.8, 4) is 0 Å². The summed E-state index contributed by atoms with van der Waals surface area (Å²) in [6.07, 6.45) is 1.45. The van der Waals surface area contributed by atoms with Crippen molar-refractivity contribution < 1.29 is 19.9 Å². The van der Waals surface area contributed by atoms with Crippen molar-refractivity contribution in [3.63, 3.8) is 0 Å². The Morgan fingerprint density at radius 3 is 2.42 bits per heavy atom. The fourth-order valence-electron chi connectivity index (χ4n) is 3.15.